The van der Waals surface area contributed by atoms with Crippen LogP contribution in [0.1, 0.15) is 13.8 Å². The number of hydrogen-bond donors (Lipinski definition) is 0. The van der Waals surface area contributed by atoms with Crippen molar-refractivity contribution in [1.82, 2.24) is 0 Å². The molecule has 0 heterocycles. The highest BCUT2D eigenvalue weighted by molar-refractivity contribution is 4.97. The Bertz CT molecular complexity index is 76.1. The van der Waals surface area contributed by atoms with Crippen molar-refractivity contribution < 1.29 is 9.50 Å². The number of halogens is 1. The van der Waals surface area contributed by atoms with Crippen molar-refractivity contribution in [3.05, 3.63) is 11.6 Å². The molecule has 0 amide bonds. The van der Waals surface area contributed by atoms with Crippen LogP contribution >= 0.6 is 0 Å². The molecule has 2 heteroatoms. The van der Waals surface area contributed by atoms with Crippen molar-refractivity contribution in [3.8, 4) is 0 Å². The number of alkyl halides is 1. The topological polar surface area (TPSA) is 19.9 Å². The van der Waals surface area contributed by atoms with Crippen LogP contribution in [0.15, 0.2) is 11.6 Å². The average Bonchev–Trinajstić information content (AvgIpc) is 1.65. The molecular formula is C5H8FO. The highest BCUT2D eigenvalue weighted by Gasteiger charge is 2.00. The summed E-state index contributed by atoms with van der Waals surface area (Å²) in [6.07, 6.45) is -0.553. The summed E-state index contributed by atoms with van der Waals surface area (Å²) in [6, 6.07) is 0. The Balaban J connectivity index is 3.56. The van der Waals surface area contributed by atoms with Gasteiger partial charge in [-0.05, 0) is 19.4 Å². The zero-order valence-electron chi connectivity index (χ0n) is 4.44. The second-order valence-corrected chi connectivity index (χ2v) is 1.35. The van der Waals surface area contributed by atoms with Crippen LogP contribution in [0.25, 0.3) is 0 Å². The van der Waals surface area contributed by atoms with Crippen LogP contribution < -0.4 is 0 Å². The standard InChI is InChI=1S/C5H8FO/c1-3-4(2)5(6)7/h3,5H,1-2H3. The first kappa shape index (κ1) is 6.63. The molecule has 0 spiro atoms. The highest BCUT2D eigenvalue weighted by atomic mass is 19.1. The Hall–Kier alpha value is -0.370. The van der Waals surface area contributed by atoms with Crippen LogP contribution in [0.4, 0.5) is 4.39 Å². The summed E-state index contributed by atoms with van der Waals surface area (Å²) >= 11 is 0. The smallest absolute Gasteiger partial charge is 0.208 e. The first-order valence-electron chi connectivity index (χ1n) is 2.11. The third kappa shape index (κ3) is 2.34. The number of hydrogen-bond acceptors (Lipinski definition) is 0. The van der Waals surface area contributed by atoms with Gasteiger partial charge < -0.3 is 0 Å². The molecule has 41 valence electrons. The van der Waals surface area contributed by atoms with Crippen molar-refractivity contribution in [2.75, 3.05) is 0 Å². The Morgan fingerprint density at radius 1 is 1.86 bits per heavy atom. The van der Waals surface area contributed by atoms with Crippen LogP contribution in [0.3, 0.4) is 0 Å². The van der Waals surface area contributed by atoms with Gasteiger partial charge in [0.1, 0.15) is 0 Å². The van der Waals surface area contributed by atoms with E-state index in [1.807, 2.05) is 0 Å². The SMILES string of the molecule is CC=C(C)C([O])F. The summed E-state index contributed by atoms with van der Waals surface area (Å²) in [5, 5.41) is 9.72. The van der Waals surface area contributed by atoms with E-state index < -0.39 is 6.36 Å². The molecule has 1 unspecified atom stereocenters. The van der Waals surface area contributed by atoms with Gasteiger partial charge in [0.15, 0.2) is 0 Å². The molecule has 0 aromatic carbocycles. The van der Waals surface area contributed by atoms with E-state index in [9.17, 15) is 9.50 Å². The Kier molecular flexibility index (Phi) is 2.60. The lowest BCUT2D eigenvalue weighted by Crippen LogP contribution is -1.94. The first-order chi connectivity index (χ1) is 3.18. The summed E-state index contributed by atoms with van der Waals surface area (Å²) in [4.78, 5) is 0. The predicted octanol–water partition coefficient (Wildman–Crippen LogP) is 1.68. The van der Waals surface area contributed by atoms with Crippen molar-refractivity contribution in [2.45, 2.75) is 20.2 Å². The first-order valence-corrected chi connectivity index (χ1v) is 2.11. The van der Waals surface area contributed by atoms with E-state index in [4.69, 9.17) is 0 Å². The van der Waals surface area contributed by atoms with Gasteiger partial charge in [0.05, 0.1) is 0 Å². The predicted molar refractivity (Wildman–Crippen MR) is 25.0 cm³/mol. The van der Waals surface area contributed by atoms with Gasteiger partial charge in [0.2, 0.25) is 0 Å². The van der Waals surface area contributed by atoms with Gasteiger partial charge in [-0.3, -0.25) is 0 Å². The molecule has 0 N–H and O–H groups in total. The lowest BCUT2D eigenvalue weighted by Gasteiger charge is -1.92. The minimum Gasteiger partial charge on any atom is -0.208 e. The van der Waals surface area contributed by atoms with Crippen molar-refractivity contribution in [3.63, 3.8) is 0 Å². The summed E-state index contributed by atoms with van der Waals surface area (Å²) < 4.78 is 11.5. The Morgan fingerprint density at radius 2 is 2.29 bits per heavy atom. The monoisotopic (exact) mass is 103 g/mol. The second kappa shape index (κ2) is 2.75. The number of rotatable bonds is 1. The van der Waals surface area contributed by atoms with E-state index in [-0.39, 0.29) is 5.57 Å². The summed E-state index contributed by atoms with van der Waals surface area (Å²) in [5.74, 6) is 0. The van der Waals surface area contributed by atoms with Gasteiger partial charge >= 0.3 is 0 Å². The highest BCUT2D eigenvalue weighted by Crippen LogP contribution is 2.00. The van der Waals surface area contributed by atoms with E-state index in [2.05, 4.69) is 0 Å². The zero-order chi connectivity index (χ0) is 5.86. The maximum atomic E-state index is 11.5. The largest absolute Gasteiger partial charge is 0.252 e. The normalized spacial score (nSPS) is 16.9. The van der Waals surface area contributed by atoms with Crippen LogP contribution in [-0.4, -0.2) is 6.36 Å². The van der Waals surface area contributed by atoms with Crippen LogP contribution in [0.2, 0.25) is 0 Å². The van der Waals surface area contributed by atoms with E-state index in [0.29, 0.717) is 0 Å². The van der Waals surface area contributed by atoms with Crippen LogP contribution in [0.5, 0.6) is 0 Å². The third-order valence-electron chi connectivity index (χ3n) is 0.813. The molecule has 0 bridgehead atoms. The molecule has 0 aromatic rings. The maximum absolute atomic E-state index is 11.5. The van der Waals surface area contributed by atoms with Gasteiger partial charge in [0, 0.05) is 0 Å². The molecule has 0 aliphatic heterocycles. The molecule has 1 nitrogen and oxygen atoms in total. The van der Waals surface area contributed by atoms with E-state index in [1.54, 1.807) is 6.92 Å². The van der Waals surface area contributed by atoms with Crippen molar-refractivity contribution in [1.29, 1.82) is 0 Å². The van der Waals surface area contributed by atoms with Crippen LogP contribution in [-0.2, 0) is 5.11 Å². The maximum Gasteiger partial charge on any atom is 0.252 e. The van der Waals surface area contributed by atoms with Gasteiger partial charge in [0.25, 0.3) is 6.36 Å². The van der Waals surface area contributed by atoms with Gasteiger partial charge in [-0.25, -0.2) is 4.39 Å². The molecule has 0 saturated heterocycles. The number of allylic oxidation sites excluding steroid dienone is 1. The zero-order valence-corrected chi connectivity index (χ0v) is 4.44. The summed E-state index contributed by atoms with van der Waals surface area (Å²) in [7, 11) is 0. The quantitative estimate of drug-likeness (QED) is 0.450. The van der Waals surface area contributed by atoms with Crippen molar-refractivity contribution in [2.24, 2.45) is 0 Å². The fourth-order valence-electron chi connectivity index (χ4n) is 0.131. The summed E-state index contributed by atoms with van der Waals surface area (Å²) in [5.41, 5.74) is 0.250. The molecule has 1 atom stereocenters. The molecule has 0 rings (SSSR count). The summed E-state index contributed by atoms with van der Waals surface area (Å²) in [6.45, 7) is 3.11. The fraction of sp³-hybridized carbons (Fsp3) is 0.600. The van der Waals surface area contributed by atoms with Crippen molar-refractivity contribution >= 4 is 0 Å². The molecule has 7 heavy (non-hydrogen) atoms. The lowest BCUT2D eigenvalue weighted by molar-refractivity contribution is 0.00900. The van der Waals surface area contributed by atoms with Gasteiger partial charge in [-0.2, -0.15) is 5.11 Å². The fourth-order valence-corrected chi connectivity index (χ4v) is 0.131. The Labute approximate surface area is 42.5 Å². The molecule has 0 aliphatic rings. The van der Waals surface area contributed by atoms with E-state index in [1.165, 1.54) is 13.0 Å². The van der Waals surface area contributed by atoms with Crippen LogP contribution in [0, 0.1) is 0 Å². The Morgan fingerprint density at radius 3 is 2.29 bits per heavy atom. The lowest BCUT2D eigenvalue weighted by atomic mass is 10.3. The molecule has 0 aliphatic carbocycles. The second-order valence-electron chi connectivity index (χ2n) is 1.35. The molecule has 0 fully saturated rings. The minimum atomic E-state index is -2.02. The third-order valence-corrected chi connectivity index (χ3v) is 0.813. The minimum absolute atomic E-state index is 0.250. The average molecular weight is 103 g/mol. The van der Waals surface area contributed by atoms with Gasteiger partial charge in [-0.1, -0.05) is 6.08 Å². The van der Waals surface area contributed by atoms with Gasteiger partial charge in [-0.15, -0.1) is 0 Å². The van der Waals surface area contributed by atoms with E-state index >= 15 is 0 Å². The molecule has 1 radical (unpaired) electrons. The molecule has 0 saturated carbocycles. The van der Waals surface area contributed by atoms with E-state index in [0.717, 1.165) is 0 Å². The molecular weight excluding hydrogens is 95.1 g/mol. The molecule has 0 aromatic heterocycles.